The second-order valence-corrected chi connectivity index (χ2v) is 8.33. The van der Waals surface area contributed by atoms with Crippen molar-refractivity contribution in [3.63, 3.8) is 0 Å². The lowest BCUT2D eigenvalue weighted by molar-refractivity contribution is -0.114. The number of ether oxygens (including phenoxy) is 1. The fourth-order valence-electron chi connectivity index (χ4n) is 2.66. The zero-order valence-corrected chi connectivity index (χ0v) is 16.1. The molecule has 0 atom stereocenters. The van der Waals surface area contributed by atoms with Gasteiger partial charge in [-0.1, -0.05) is 23.7 Å². The largest absolute Gasteiger partial charge is 0.379 e. The van der Waals surface area contributed by atoms with Gasteiger partial charge < -0.3 is 15.4 Å². The van der Waals surface area contributed by atoms with E-state index in [-0.39, 0.29) is 17.3 Å². The Balaban J connectivity index is 1.63. The van der Waals surface area contributed by atoms with Crippen molar-refractivity contribution in [2.45, 2.75) is 4.90 Å². The van der Waals surface area contributed by atoms with Gasteiger partial charge in [0.25, 0.3) is 0 Å². The van der Waals surface area contributed by atoms with Crippen LogP contribution in [-0.2, 0) is 19.6 Å². The summed E-state index contributed by atoms with van der Waals surface area (Å²) in [7, 11) is -3.58. The first-order valence-corrected chi connectivity index (χ1v) is 10.2. The molecule has 1 heterocycles. The number of benzene rings is 2. The summed E-state index contributed by atoms with van der Waals surface area (Å²) in [4.78, 5) is 12.3. The van der Waals surface area contributed by atoms with Crippen molar-refractivity contribution in [1.82, 2.24) is 4.31 Å². The summed E-state index contributed by atoms with van der Waals surface area (Å²) in [6.45, 7) is 1.44. The average Bonchev–Trinajstić information content (AvgIpc) is 2.67. The van der Waals surface area contributed by atoms with E-state index in [1.807, 2.05) is 0 Å². The summed E-state index contributed by atoms with van der Waals surface area (Å²) in [5.74, 6) is -0.265. The number of nitrogens with one attached hydrogen (secondary N) is 2. The molecule has 0 aromatic heterocycles. The van der Waals surface area contributed by atoms with Gasteiger partial charge in [-0.15, -0.1) is 0 Å². The zero-order chi connectivity index (χ0) is 19.3. The number of morpholine rings is 1. The maximum atomic E-state index is 12.7. The number of nitrogens with zero attached hydrogens (tertiary/aromatic N) is 1. The van der Waals surface area contributed by atoms with Gasteiger partial charge in [-0.2, -0.15) is 4.31 Å². The topological polar surface area (TPSA) is 87.7 Å². The number of hydrogen-bond acceptors (Lipinski definition) is 5. The molecule has 0 spiro atoms. The normalized spacial score (nSPS) is 15.3. The van der Waals surface area contributed by atoms with Crippen LogP contribution in [0, 0.1) is 0 Å². The minimum Gasteiger partial charge on any atom is -0.379 e. The van der Waals surface area contributed by atoms with Crippen molar-refractivity contribution in [1.29, 1.82) is 0 Å². The molecule has 27 heavy (non-hydrogen) atoms. The third kappa shape index (κ3) is 5.20. The molecule has 2 aromatic carbocycles. The van der Waals surface area contributed by atoms with Crippen LogP contribution in [-0.4, -0.2) is 51.5 Å². The van der Waals surface area contributed by atoms with Crippen LogP contribution in [0.25, 0.3) is 0 Å². The summed E-state index contributed by atoms with van der Waals surface area (Å²) < 4.78 is 32.0. The maximum absolute atomic E-state index is 12.7. The van der Waals surface area contributed by atoms with Gasteiger partial charge in [0, 0.05) is 29.5 Å². The molecule has 1 aliphatic rings. The minimum absolute atomic E-state index is 0.00638. The van der Waals surface area contributed by atoms with Gasteiger partial charge in [0.15, 0.2) is 0 Å². The lowest BCUT2D eigenvalue weighted by Crippen LogP contribution is -2.40. The Morgan fingerprint density at radius 1 is 1.07 bits per heavy atom. The number of carbonyl (C=O) groups is 1. The molecule has 0 aliphatic carbocycles. The van der Waals surface area contributed by atoms with Crippen molar-refractivity contribution >= 4 is 38.9 Å². The van der Waals surface area contributed by atoms with Crippen molar-refractivity contribution in [2.75, 3.05) is 43.5 Å². The van der Waals surface area contributed by atoms with E-state index in [9.17, 15) is 13.2 Å². The number of hydrogen-bond donors (Lipinski definition) is 2. The molecule has 9 heteroatoms. The fourth-order valence-corrected chi connectivity index (χ4v) is 4.30. The van der Waals surface area contributed by atoms with Crippen LogP contribution in [0.4, 0.5) is 11.4 Å². The van der Waals surface area contributed by atoms with Gasteiger partial charge in [-0.25, -0.2) is 8.42 Å². The lowest BCUT2D eigenvalue weighted by atomic mass is 10.3. The summed E-state index contributed by atoms with van der Waals surface area (Å²) in [5, 5.41) is 6.19. The quantitative estimate of drug-likeness (QED) is 0.765. The Kier molecular flexibility index (Phi) is 6.33. The molecule has 144 valence electrons. The van der Waals surface area contributed by atoms with E-state index in [2.05, 4.69) is 10.6 Å². The third-order valence-electron chi connectivity index (χ3n) is 4.00. The van der Waals surface area contributed by atoms with Crippen molar-refractivity contribution < 1.29 is 17.9 Å². The molecule has 1 saturated heterocycles. The zero-order valence-electron chi connectivity index (χ0n) is 14.5. The SMILES string of the molecule is O=C(CNc1cccc(S(=O)(=O)N2CCOCC2)c1)Nc1cccc(Cl)c1. The summed E-state index contributed by atoms with van der Waals surface area (Å²) in [5.41, 5.74) is 1.14. The van der Waals surface area contributed by atoms with Crippen LogP contribution in [0.5, 0.6) is 0 Å². The van der Waals surface area contributed by atoms with E-state index in [4.69, 9.17) is 16.3 Å². The number of anilines is 2. The molecule has 0 unspecified atom stereocenters. The van der Waals surface area contributed by atoms with Gasteiger partial charge in [-0.3, -0.25) is 4.79 Å². The first-order chi connectivity index (χ1) is 12.9. The Bertz CT molecular complexity index is 914. The van der Waals surface area contributed by atoms with Crippen molar-refractivity contribution in [2.24, 2.45) is 0 Å². The van der Waals surface area contributed by atoms with E-state index in [0.717, 1.165) is 0 Å². The predicted octanol–water partition coefficient (Wildman–Crippen LogP) is 2.41. The van der Waals surface area contributed by atoms with E-state index in [0.29, 0.717) is 42.7 Å². The van der Waals surface area contributed by atoms with Crippen LogP contribution in [0.1, 0.15) is 0 Å². The van der Waals surface area contributed by atoms with Crippen LogP contribution in [0.15, 0.2) is 53.4 Å². The first-order valence-electron chi connectivity index (χ1n) is 8.42. The average molecular weight is 410 g/mol. The second-order valence-electron chi connectivity index (χ2n) is 5.96. The Hall–Kier alpha value is -2.13. The summed E-state index contributed by atoms with van der Waals surface area (Å²) >= 11 is 5.89. The molecule has 2 aromatic rings. The molecule has 1 aliphatic heterocycles. The van der Waals surface area contributed by atoms with E-state index < -0.39 is 10.0 Å². The van der Waals surface area contributed by atoms with E-state index >= 15 is 0 Å². The highest BCUT2D eigenvalue weighted by Gasteiger charge is 2.26. The number of carbonyl (C=O) groups excluding carboxylic acids is 1. The second kappa shape index (κ2) is 8.71. The van der Waals surface area contributed by atoms with Crippen LogP contribution < -0.4 is 10.6 Å². The number of halogens is 1. The molecular weight excluding hydrogens is 390 g/mol. The lowest BCUT2D eigenvalue weighted by Gasteiger charge is -2.26. The smallest absolute Gasteiger partial charge is 0.243 e. The van der Waals surface area contributed by atoms with Crippen molar-refractivity contribution in [3.8, 4) is 0 Å². The van der Waals surface area contributed by atoms with Gasteiger partial charge in [0.1, 0.15) is 0 Å². The molecular formula is C18H20ClN3O4S. The maximum Gasteiger partial charge on any atom is 0.243 e. The third-order valence-corrected chi connectivity index (χ3v) is 6.13. The summed E-state index contributed by atoms with van der Waals surface area (Å²) in [6, 6.07) is 13.3. The monoisotopic (exact) mass is 409 g/mol. The van der Waals surface area contributed by atoms with E-state index in [1.165, 1.54) is 10.4 Å². The molecule has 0 radical (unpaired) electrons. The standard InChI is InChI=1S/C18H20ClN3O4S/c19-14-3-1-5-16(11-14)21-18(23)13-20-15-4-2-6-17(12-15)27(24,25)22-7-9-26-10-8-22/h1-6,11-12,20H,7-10,13H2,(H,21,23). The number of amides is 1. The molecule has 1 fully saturated rings. The van der Waals surface area contributed by atoms with Crippen molar-refractivity contribution in [3.05, 3.63) is 53.6 Å². The van der Waals surface area contributed by atoms with E-state index in [1.54, 1.807) is 42.5 Å². The fraction of sp³-hybridized carbons (Fsp3) is 0.278. The molecule has 1 amide bonds. The Morgan fingerprint density at radius 3 is 2.52 bits per heavy atom. The van der Waals surface area contributed by atoms with Gasteiger partial charge in [0.05, 0.1) is 24.7 Å². The van der Waals surface area contributed by atoms with Crippen LogP contribution in [0.3, 0.4) is 0 Å². The number of rotatable bonds is 6. The predicted molar refractivity (Wildman–Crippen MR) is 105 cm³/mol. The molecule has 2 N–H and O–H groups in total. The van der Waals surface area contributed by atoms with Gasteiger partial charge >= 0.3 is 0 Å². The number of sulfonamides is 1. The van der Waals surface area contributed by atoms with Crippen LogP contribution in [0.2, 0.25) is 5.02 Å². The Morgan fingerprint density at radius 2 is 1.78 bits per heavy atom. The molecule has 3 rings (SSSR count). The minimum atomic E-state index is -3.58. The summed E-state index contributed by atoms with van der Waals surface area (Å²) in [6.07, 6.45) is 0. The Labute approximate surface area is 163 Å². The molecule has 0 saturated carbocycles. The van der Waals surface area contributed by atoms with Gasteiger partial charge in [0.2, 0.25) is 15.9 Å². The molecule has 7 nitrogen and oxygen atoms in total. The van der Waals surface area contributed by atoms with Crippen LogP contribution >= 0.6 is 11.6 Å². The van der Waals surface area contributed by atoms with Gasteiger partial charge in [-0.05, 0) is 36.4 Å². The highest BCUT2D eigenvalue weighted by atomic mass is 35.5. The highest BCUT2D eigenvalue weighted by molar-refractivity contribution is 7.89. The highest BCUT2D eigenvalue weighted by Crippen LogP contribution is 2.20. The first kappa shape index (κ1) is 19.6. The molecule has 0 bridgehead atoms.